The zero-order valence-electron chi connectivity index (χ0n) is 10.7. The number of rotatable bonds is 6. The molecule has 0 aliphatic carbocycles. The fourth-order valence-electron chi connectivity index (χ4n) is 1.59. The average molecular weight is 246 g/mol. The molecule has 4 heteroatoms. The van der Waals surface area contributed by atoms with Crippen LogP contribution in [-0.2, 0) is 0 Å². The van der Waals surface area contributed by atoms with Crippen molar-refractivity contribution in [2.24, 2.45) is 5.41 Å². The fourth-order valence-corrected chi connectivity index (χ4v) is 1.59. The lowest BCUT2D eigenvalue weighted by Crippen LogP contribution is -2.23. The zero-order valence-corrected chi connectivity index (χ0v) is 10.7. The smallest absolute Gasteiger partial charge is 0.335 e. The van der Waals surface area contributed by atoms with Crippen molar-refractivity contribution in [1.82, 2.24) is 0 Å². The molecule has 0 saturated carbocycles. The first-order valence-corrected chi connectivity index (χ1v) is 5.89. The molecule has 0 amide bonds. The van der Waals surface area contributed by atoms with Gasteiger partial charge in [0.2, 0.25) is 0 Å². The number of nitrogens with one attached hydrogen (secondary N) is 1. The van der Waals surface area contributed by atoms with Crippen LogP contribution >= 0.6 is 0 Å². The van der Waals surface area contributed by atoms with Crippen LogP contribution in [0.2, 0.25) is 0 Å². The van der Waals surface area contributed by atoms with E-state index in [0.717, 1.165) is 12.1 Å². The molecular formula is C14H18N2O2. The number of hydrogen-bond donors (Lipinski definition) is 2. The van der Waals surface area contributed by atoms with E-state index < -0.39 is 5.97 Å². The third-order valence-electron chi connectivity index (χ3n) is 2.79. The highest BCUT2D eigenvalue weighted by Gasteiger charge is 2.17. The summed E-state index contributed by atoms with van der Waals surface area (Å²) in [6.07, 6.45) is 1.35. The quantitative estimate of drug-likeness (QED) is 0.808. The Balaban J connectivity index is 2.61. The Labute approximate surface area is 107 Å². The largest absolute Gasteiger partial charge is 0.478 e. The minimum Gasteiger partial charge on any atom is -0.478 e. The Morgan fingerprint density at radius 3 is 2.83 bits per heavy atom. The van der Waals surface area contributed by atoms with Gasteiger partial charge < -0.3 is 10.4 Å². The summed E-state index contributed by atoms with van der Waals surface area (Å²) in [6.45, 7) is 4.87. The number of nitriles is 1. The van der Waals surface area contributed by atoms with Gasteiger partial charge in [-0.3, -0.25) is 0 Å². The van der Waals surface area contributed by atoms with Gasteiger partial charge in [0.15, 0.2) is 0 Å². The molecule has 1 rings (SSSR count). The second kappa shape index (κ2) is 6.06. The lowest BCUT2D eigenvalue weighted by Gasteiger charge is -2.24. The first-order chi connectivity index (χ1) is 8.44. The van der Waals surface area contributed by atoms with Gasteiger partial charge in [0.1, 0.15) is 0 Å². The second-order valence-electron chi connectivity index (χ2n) is 5.06. The van der Waals surface area contributed by atoms with Crippen LogP contribution < -0.4 is 5.32 Å². The summed E-state index contributed by atoms with van der Waals surface area (Å²) >= 11 is 0. The maximum Gasteiger partial charge on any atom is 0.335 e. The monoisotopic (exact) mass is 246 g/mol. The molecule has 0 radical (unpaired) electrons. The molecule has 1 aromatic rings. The molecule has 0 aliphatic rings. The lowest BCUT2D eigenvalue weighted by molar-refractivity contribution is 0.0697. The number of carboxylic acids is 1. The van der Waals surface area contributed by atoms with Gasteiger partial charge >= 0.3 is 5.97 Å². The number of carbonyl (C=O) groups is 1. The summed E-state index contributed by atoms with van der Waals surface area (Å²) in [6, 6.07) is 8.87. The van der Waals surface area contributed by atoms with E-state index in [4.69, 9.17) is 10.4 Å². The normalized spacial score (nSPS) is 10.7. The standard InChI is InChI=1S/C14H18N2O2/c1-14(2,7-4-8-15)10-16-12-6-3-5-11(9-12)13(17)18/h3,5-6,9,16H,4,7,10H2,1-2H3,(H,17,18). The van der Waals surface area contributed by atoms with Gasteiger partial charge in [-0.15, -0.1) is 0 Å². The summed E-state index contributed by atoms with van der Waals surface area (Å²) in [5.41, 5.74) is 1.07. The van der Waals surface area contributed by atoms with Crippen LogP contribution in [0, 0.1) is 16.7 Å². The summed E-state index contributed by atoms with van der Waals surface area (Å²) < 4.78 is 0. The van der Waals surface area contributed by atoms with Crippen LogP contribution in [0.3, 0.4) is 0 Å². The van der Waals surface area contributed by atoms with Gasteiger partial charge in [0, 0.05) is 18.7 Å². The summed E-state index contributed by atoms with van der Waals surface area (Å²) in [7, 11) is 0. The summed E-state index contributed by atoms with van der Waals surface area (Å²) in [5, 5.41) is 20.7. The van der Waals surface area contributed by atoms with Crippen molar-refractivity contribution < 1.29 is 9.90 Å². The number of nitrogens with zero attached hydrogens (tertiary/aromatic N) is 1. The average Bonchev–Trinajstić information content (AvgIpc) is 2.34. The maximum atomic E-state index is 10.8. The first-order valence-electron chi connectivity index (χ1n) is 5.89. The minimum absolute atomic E-state index is 0.00889. The number of carboxylic acid groups (broad SMARTS) is 1. The Morgan fingerprint density at radius 2 is 2.22 bits per heavy atom. The molecule has 0 aliphatic heterocycles. The molecule has 18 heavy (non-hydrogen) atoms. The van der Waals surface area contributed by atoms with E-state index in [9.17, 15) is 4.79 Å². The van der Waals surface area contributed by atoms with Crippen LogP contribution in [0.5, 0.6) is 0 Å². The third kappa shape index (κ3) is 4.46. The van der Waals surface area contributed by atoms with E-state index in [1.807, 2.05) is 6.07 Å². The fraction of sp³-hybridized carbons (Fsp3) is 0.429. The van der Waals surface area contributed by atoms with E-state index in [1.165, 1.54) is 0 Å². The number of benzene rings is 1. The summed E-state index contributed by atoms with van der Waals surface area (Å²) in [4.78, 5) is 10.8. The highest BCUT2D eigenvalue weighted by molar-refractivity contribution is 5.88. The Bertz CT molecular complexity index is 461. The van der Waals surface area contributed by atoms with Gasteiger partial charge in [-0.25, -0.2) is 4.79 Å². The summed E-state index contributed by atoms with van der Waals surface area (Å²) in [5.74, 6) is -0.928. The van der Waals surface area contributed by atoms with Crippen molar-refractivity contribution in [3.05, 3.63) is 29.8 Å². The molecule has 96 valence electrons. The minimum atomic E-state index is -0.928. The van der Waals surface area contributed by atoms with Crippen LogP contribution in [0.25, 0.3) is 0 Å². The Morgan fingerprint density at radius 1 is 1.50 bits per heavy atom. The lowest BCUT2D eigenvalue weighted by atomic mass is 9.88. The van der Waals surface area contributed by atoms with Gasteiger partial charge in [-0.2, -0.15) is 5.26 Å². The maximum absolute atomic E-state index is 10.8. The van der Waals surface area contributed by atoms with Crippen LogP contribution in [0.4, 0.5) is 5.69 Å². The van der Waals surface area contributed by atoms with E-state index in [0.29, 0.717) is 13.0 Å². The van der Waals surface area contributed by atoms with Crippen LogP contribution in [0.15, 0.2) is 24.3 Å². The van der Waals surface area contributed by atoms with Crippen molar-refractivity contribution >= 4 is 11.7 Å². The Kier molecular flexibility index (Phi) is 4.73. The van der Waals surface area contributed by atoms with Gasteiger partial charge in [-0.05, 0) is 30.0 Å². The molecule has 1 aromatic carbocycles. The second-order valence-corrected chi connectivity index (χ2v) is 5.06. The predicted octanol–water partition coefficient (Wildman–Crippen LogP) is 3.13. The number of aromatic carboxylic acids is 1. The van der Waals surface area contributed by atoms with E-state index in [-0.39, 0.29) is 11.0 Å². The van der Waals surface area contributed by atoms with Crippen LogP contribution in [0.1, 0.15) is 37.0 Å². The highest BCUT2D eigenvalue weighted by atomic mass is 16.4. The van der Waals surface area contributed by atoms with E-state index in [2.05, 4.69) is 25.2 Å². The van der Waals surface area contributed by atoms with Gasteiger partial charge in [-0.1, -0.05) is 19.9 Å². The van der Waals surface area contributed by atoms with E-state index >= 15 is 0 Å². The third-order valence-corrected chi connectivity index (χ3v) is 2.79. The predicted molar refractivity (Wildman–Crippen MR) is 70.5 cm³/mol. The Hall–Kier alpha value is -2.02. The van der Waals surface area contributed by atoms with Gasteiger partial charge in [0.05, 0.1) is 11.6 Å². The SMILES string of the molecule is CC(C)(CCC#N)CNc1cccc(C(=O)O)c1. The molecule has 0 aromatic heterocycles. The molecule has 0 saturated heterocycles. The topological polar surface area (TPSA) is 73.1 Å². The molecule has 0 bridgehead atoms. The van der Waals surface area contributed by atoms with Crippen LogP contribution in [-0.4, -0.2) is 17.6 Å². The number of hydrogen-bond acceptors (Lipinski definition) is 3. The molecule has 0 atom stereocenters. The van der Waals surface area contributed by atoms with Crippen molar-refractivity contribution in [2.75, 3.05) is 11.9 Å². The molecule has 0 heterocycles. The molecule has 0 unspecified atom stereocenters. The zero-order chi connectivity index (χ0) is 13.6. The van der Waals surface area contributed by atoms with Crippen molar-refractivity contribution in [3.8, 4) is 6.07 Å². The van der Waals surface area contributed by atoms with Gasteiger partial charge in [0.25, 0.3) is 0 Å². The number of anilines is 1. The molecule has 2 N–H and O–H groups in total. The molecular weight excluding hydrogens is 228 g/mol. The van der Waals surface area contributed by atoms with Crippen molar-refractivity contribution in [2.45, 2.75) is 26.7 Å². The molecule has 0 spiro atoms. The first kappa shape index (κ1) is 14.0. The van der Waals surface area contributed by atoms with Crippen molar-refractivity contribution in [1.29, 1.82) is 5.26 Å². The highest BCUT2D eigenvalue weighted by Crippen LogP contribution is 2.23. The molecule has 4 nitrogen and oxygen atoms in total. The van der Waals surface area contributed by atoms with E-state index in [1.54, 1.807) is 18.2 Å². The van der Waals surface area contributed by atoms with Crippen molar-refractivity contribution in [3.63, 3.8) is 0 Å². The molecule has 0 fully saturated rings.